The lowest BCUT2D eigenvalue weighted by Crippen LogP contribution is -2.34. The van der Waals surface area contributed by atoms with Crippen molar-refractivity contribution in [2.45, 2.75) is 0 Å². The second-order valence-electron chi connectivity index (χ2n) is 5.04. The number of allylic oxidation sites excluding steroid dienone is 1. The van der Waals surface area contributed by atoms with Gasteiger partial charge in [-0.25, -0.2) is 0 Å². The summed E-state index contributed by atoms with van der Waals surface area (Å²) in [6, 6.07) is 15.1. The van der Waals surface area contributed by atoms with Gasteiger partial charge >= 0.3 is 0 Å². The van der Waals surface area contributed by atoms with E-state index in [-0.39, 0.29) is 17.3 Å². The molecular formula is C18H13N3O3. The van der Waals surface area contributed by atoms with Crippen LogP contribution in [0.15, 0.2) is 59.9 Å². The van der Waals surface area contributed by atoms with Crippen molar-refractivity contribution in [3.05, 3.63) is 71.1 Å². The predicted octanol–water partition coefficient (Wildman–Crippen LogP) is 2.47. The zero-order chi connectivity index (χ0) is 17.1. The van der Waals surface area contributed by atoms with E-state index in [0.717, 1.165) is 0 Å². The number of Topliss-reactive ketones (excluding diaryl/α,β-unsaturated/α-hetero) is 1. The molecule has 0 unspecified atom stereocenters. The highest BCUT2D eigenvalue weighted by atomic mass is 16.5. The number of para-hydroxylation sites is 1. The lowest BCUT2D eigenvalue weighted by molar-refractivity contribution is 0.0963. The van der Waals surface area contributed by atoms with E-state index in [1.165, 1.54) is 7.11 Å². The molecule has 0 atom stereocenters. The number of ether oxygens (including phenoxy) is 1. The van der Waals surface area contributed by atoms with Crippen molar-refractivity contribution in [1.29, 1.82) is 5.26 Å². The zero-order valence-corrected chi connectivity index (χ0v) is 12.8. The van der Waals surface area contributed by atoms with Gasteiger partial charge in [0.25, 0.3) is 5.91 Å². The smallest absolute Gasteiger partial charge is 0.258 e. The van der Waals surface area contributed by atoms with Gasteiger partial charge in [-0.2, -0.15) is 5.26 Å². The average molecular weight is 319 g/mol. The van der Waals surface area contributed by atoms with E-state index in [9.17, 15) is 14.9 Å². The third kappa shape index (κ3) is 2.71. The summed E-state index contributed by atoms with van der Waals surface area (Å²) in [5, 5.41) is 14.9. The minimum Gasteiger partial charge on any atom is -0.497 e. The molecule has 2 N–H and O–H groups in total. The SMILES string of the molecule is COc1ccc(C(=O)/C(C#N)=C2/NC(=O)c3ccccc3N2)cc1. The number of benzene rings is 2. The number of nitrogens with zero attached hydrogens (tertiary/aromatic N) is 1. The molecule has 0 bridgehead atoms. The molecule has 0 aromatic heterocycles. The summed E-state index contributed by atoms with van der Waals surface area (Å²) in [7, 11) is 1.53. The molecule has 0 radical (unpaired) electrons. The summed E-state index contributed by atoms with van der Waals surface area (Å²) in [6.07, 6.45) is 0. The van der Waals surface area contributed by atoms with Crippen LogP contribution < -0.4 is 15.4 Å². The van der Waals surface area contributed by atoms with Gasteiger partial charge in [0.1, 0.15) is 23.2 Å². The second-order valence-corrected chi connectivity index (χ2v) is 5.04. The highest BCUT2D eigenvalue weighted by Gasteiger charge is 2.25. The van der Waals surface area contributed by atoms with Crippen molar-refractivity contribution in [2.75, 3.05) is 12.4 Å². The van der Waals surface area contributed by atoms with E-state index in [0.29, 0.717) is 22.6 Å². The number of amides is 1. The minimum atomic E-state index is -0.484. The first-order valence-electron chi connectivity index (χ1n) is 7.14. The van der Waals surface area contributed by atoms with Crippen LogP contribution in [0.5, 0.6) is 5.75 Å². The molecule has 6 heteroatoms. The Kier molecular flexibility index (Phi) is 4.00. The summed E-state index contributed by atoms with van der Waals surface area (Å²) in [5.41, 5.74) is 1.17. The molecule has 1 heterocycles. The van der Waals surface area contributed by atoms with Crippen molar-refractivity contribution in [1.82, 2.24) is 5.32 Å². The third-order valence-electron chi connectivity index (χ3n) is 3.61. The monoisotopic (exact) mass is 319 g/mol. The number of fused-ring (bicyclic) bond motifs is 1. The van der Waals surface area contributed by atoms with Gasteiger partial charge in [0.2, 0.25) is 5.78 Å². The van der Waals surface area contributed by atoms with Gasteiger partial charge in [-0.05, 0) is 36.4 Å². The van der Waals surface area contributed by atoms with E-state index in [4.69, 9.17) is 4.74 Å². The fraction of sp³-hybridized carbons (Fsp3) is 0.0556. The first-order chi connectivity index (χ1) is 11.6. The van der Waals surface area contributed by atoms with Gasteiger partial charge in [-0.3, -0.25) is 9.59 Å². The maximum Gasteiger partial charge on any atom is 0.258 e. The number of methoxy groups -OCH3 is 1. The Morgan fingerprint density at radius 3 is 2.46 bits per heavy atom. The molecule has 3 rings (SSSR count). The largest absolute Gasteiger partial charge is 0.497 e. The molecule has 0 saturated carbocycles. The molecule has 24 heavy (non-hydrogen) atoms. The van der Waals surface area contributed by atoms with E-state index in [1.807, 2.05) is 6.07 Å². The van der Waals surface area contributed by atoms with Crippen molar-refractivity contribution < 1.29 is 14.3 Å². The van der Waals surface area contributed by atoms with Gasteiger partial charge in [0.15, 0.2) is 0 Å². The first kappa shape index (κ1) is 15.3. The third-order valence-corrected chi connectivity index (χ3v) is 3.61. The first-order valence-corrected chi connectivity index (χ1v) is 7.14. The number of nitrogens with one attached hydrogen (secondary N) is 2. The van der Waals surface area contributed by atoms with Crippen LogP contribution in [-0.4, -0.2) is 18.8 Å². The Balaban J connectivity index is 1.99. The van der Waals surface area contributed by atoms with E-state index < -0.39 is 5.78 Å². The molecule has 1 aliphatic rings. The maximum atomic E-state index is 12.6. The van der Waals surface area contributed by atoms with Gasteiger partial charge in [0.05, 0.1) is 18.4 Å². The second kappa shape index (κ2) is 6.26. The topological polar surface area (TPSA) is 91.2 Å². The number of carbonyl (C=O) groups is 2. The van der Waals surface area contributed by atoms with Crippen LogP contribution in [0.2, 0.25) is 0 Å². The van der Waals surface area contributed by atoms with Crippen molar-refractivity contribution in [3.63, 3.8) is 0 Å². The Morgan fingerprint density at radius 2 is 1.79 bits per heavy atom. The molecule has 1 amide bonds. The van der Waals surface area contributed by atoms with Gasteiger partial charge in [-0.1, -0.05) is 12.1 Å². The molecule has 6 nitrogen and oxygen atoms in total. The normalized spacial score (nSPS) is 14.6. The average Bonchev–Trinajstić information content (AvgIpc) is 2.62. The van der Waals surface area contributed by atoms with Gasteiger partial charge < -0.3 is 15.4 Å². The fourth-order valence-electron chi connectivity index (χ4n) is 2.37. The molecule has 2 aromatic rings. The molecule has 0 saturated heterocycles. The number of nitriles is 1. The quantitative estimate of drug-likeness (QED) is 0.515. The molecular weight excluding hydrogens is 306 g/mol. The Hall–Kier alpha value is -3.59. The standard InChI is InChI=1S/C18H13N3O3/c1-24-12-8-6-11(7-9-12)16(22)14(10-19)17-20-15-5-3-2-4-13(15)18(23)21-17/h2-9,20H,1H3,(H,21,23)/b17-14+. The summed E-state index contributed by atoms with van der Waals surface area (Å²) in [6.45, 7) is 0. The number of anilines is 1. The summed E-state index contributed by atoms with van der Waals surface area (Å²) in [4.78, 5) is 24.7. The lowest BCUT2D eigenvalue weighted by atomic mass is 10.0. The minimum absolute atomic E-state index is 0.0852. The number of carbonyl (C=O) groups excluding carboxylic acids is 2. The van der Waals surface area contributed by atoms with E-state index >= 15 is 0 Å². The van der Waals surface area contributed by atoms with Crippen LogP contribution in [0.25, 0.3) is 0 Å². The van der Waals surface area contributed by atoms with Gasteiger partial charge in [-0.15, -0.1) is 0 Å². The zero-order valence-electron chi connectivity index (χ0n) is 12.8. The summed E-state index contributed by atoms with van der Waals surface area (Å²) < 4.78 is 5.05. The molecule has 0 fully saturated rings. The maximum absolute atomic E-state index is 12.6. The highest BCUT2D eigenvalue weighted by molar-refractivity contribution is 6.13. The number of ketones is 1. The van der Waals surface area contributed by atoms with Crippen LogP contribution >= 0.6 is 0 Å². The summed E-state index contributed by atoms with van der Waals surface area (Å²) >= 11 is 0. The van der Waals surface area contributed by atoms with Crippen LogP contribution in [0.1, 0.15) is 20.7 Å². The molecule has 2 aromatic carbocycles. The van der Waals surface area contributed by atoms with Crippen molar-refractivity contribution >= 4 is 17.4 Å². The predicted molar refractivity (Wildman–Crippen MR) is 87.5 cm³/mol. The number of rotatable bonds is 3. The number of hydrogen-bond acceptors (Lipinski definition) is 5. The van der Waals surface area contributed by atoms with Crippen LogP contribution in [0.3, 0.4) is 0 Å². The Bertz CT molecular complexity index is 892. The Morgan fingerprint density at radius 1 is 1.08 bits per heavy atom. The van der Waals surface area contributed by atoms with Crippen LogP contribution in [-0.2, 0) is 0 Å². The Labute approximate surface area is 138 Å². The lowest BCUT2D eigenvalue weighted by Gasteiger charge is -2.21. The van der Waals surface area contributed by atoms with Crippen LogP contribution in [0.4, 0.5) is 5.69 Å². The molecule has 1 aliphatic heterocycles. The molecule has 0 aliphatic carbocycles. The van der Waals surface area contributed by atoms with Crippen molar-refractivity contribution in [2.24, 2.45) is 0 Å². The molecule has 0 spiro atoms. The van der Waals surface area contributed by atoms with Crippen LogP contribution in [0, 0.1) is 11.3 Å². The van der Waals surface area contributed by atoms with Crippen molar-refractivity contribution in [3.8, 4) is 11.8 Å². The fourth-order valence-corrected chi connectivity index (χ4v) is 2.37. The van der Waals surface area contributed by atoms with Gasteiger partial charge in [0, 0.05) is 5.56 Å². The number of hydrogen-bond donors (Lipinski definition) is 2. The molecule has 118 valence electrons. The summed E-state index contributed by atoms with van der Waals surface area (Å²) in [5.74, 6) is -0.158. The van der Waals surface area contributed by atoms with E-state index in [1.54, 1.807) is 48.5 Å². The van der Waals surface area contributed by atoms with E-state index in [2.05, 4.69) is 10.6 Å². The highest BCUT2D eigenvalue weighted by Crippen LogP contribution is 2.23.